The Morgan fingerprint density at radius 1 is 1.44 bits per heavy atom. The molecule has 7 nitrogen and oxygen atoms in total. The van der Waals surface area contributed by atoms with Gasteiger partial charge in [-0.15, -0.1) is 0 Å². The number of hydrogen-bond donors (Lipinski definition) is 3. The van der Waals surface area contributed by atoms with E-state index in [2.05, 4.69) is 25.7 Å². The molecule has 18 heavy (non-hydrogen) atoms. The van der Waals surface area contributed by atoms with Crippen molar-refractivity contribution in [2.24, 2.45) is 10.8 Å². The molecule has 0 aromatic carbocycles. The molecule has 0 aliphatic heterocycles. The van der Waals surface area contributed by atoms with Gasteiger partial charge < -0.3 is 10.1 Å². The Kier molecular flexibility index (Phi) is 6.67. The largest absolute Gasteiger partial charge is 0.385 e. The lowest BCUT2D eigenvalue weighted by atomic mass is 10.4. The maximum absolute atomic E-state index is 5.37. The molecule has 0 fully saturated rings. The Morgan fingerprint density at radius 2 is 2.28 bits per heavy atom. The highest BCUT2D eigenvalue weighted by Crippen LogP contribution is 1.95. The zero-order valence-electron chi connectivity index (χ0n) is 10.8. The molecule has 100 valence electrons. The summed E-state index contributed by atoms with van der Waals surface area (Å²) in [4.78, 5) is 12.6. The van der Waals surface area contributed by atoms with Crippen LogP contribution in [-0.2, 0) is 11.3 Å². The Balaban J connectivity index is 2.39. The predicted octanol–water partition coefficient (Wildman–Crippen LogP) is -0.270. The first-order chi connectivity index (χ1) is 8.76. The number of aliphatic imine (C=N–C) groups is 1. The van der Waals surface area contributed by atoms with Gasteiger partial charge >= 0.3 is 0 Å². The first-order valence-corrected chi connectivity index (χ1v) is 5.77. The van der Waals surface area contributed by atoms with Gasteiger partial charge in [0, 0.05) is 26.5 Å². The van der Waals surface area contributed by atoms with Crippen molar-refractivity contribution in [2.45, 2.75) is 19.9 Å². The van der Waals surface area contributed by atoms with Crippen molar-refractivity contribution in [3.8, 4) is 0 Å². The van der Waals surface area contributed by atoms with E-state index in [0.717, 1.165) is 24.4 Å². The van der Waals surface area contributed by atoms with E-state index in [1.807, 2.05) is 6.92 Å². The first-order valence-electron chi connectivity index (χ1n) is 5.77. The third-order valence-electron chi connectivity index (χ3n) is 2.19. The molecule has 1 aromatic heterocycles. The van der Waals surface area contributed by atoms with Crippen LogP contribution in [0, 0.1) is 6.92 Å². The monoisotopic (exact) mass is 252 g/mol. The maximum atomic E-state index is 5.37. The van der Waals surface area contributed by atoms with E-state index < -0.39 is 0 Å². The van der Waals surface area contributed by atoms with Crippen molar-refractivity contribution < 1.29 is 4.74 Å². The van der Waals surface area contributed by atoms with Crippen LogP contribution in [-0.4, -0.2) is 36.2 Å². The molecule has 0 amide bonds. The van der Waals surface area contributed by atoms with Crippen molar-refractivity contribution in [2.75, 3.05) is 20.3 Å². The molecule has 1 aromatic rings. The predicted molar refractivity (Wildman–Crippen MR) is 69.7 cm³/mol. The smallest absolute Gasteiger partial charge is 0.206 e. The molecule has 0 spiro atoms. The lowest BCUT2D eigenvalue weighted by Crippen LogP contribution is -2.42. The van der Waals surface area contributed by atoms with E-state index in [0.29, 0.717) is 19.1 Å². The van der Waals surface area contributed by atoms with Crippen molar-refractivity contribution in [3.63, 3.8) is 0 Å². The highest BCUT2D eigenvalue weighted by atomic mass is 16.5. The van der Waals surface area contributed by atoms with Crippen LogP contribution in [0.4, 0.5) is 0 Å². The molecule has 0 saturated carbocycles. The number of methoxy groups -OCH3 is 1. The van der Waals surface area contributed by atoms with Gasteiger partial charge in [-0.3, -0.25) is 15.4 Å². The second-order valence-electron chi connectivity index (χ2n) is 3.73. The van der Waals surface area contributed by atoms with E-state index >= 15 is 0 Å². The molecule has 0 radical (unpaired) electrons. The number of aryl methyl sites for hydroxylation is 1. The van der Waals surface area contributed by atoms with E-state index in [9.17, 15) is 0 Å². The molecule has 0 aliphatic rings. The summed E-state index contributed by atoms with van der Waals surface area (Å²) in [5, 5.41) is 3.07. The molecule has 0 bridgehead atoms. The number of hydrogen-bond acceptors (Lipinski definition) is 5. The zero-order chi connectivity index (χ0) is 13.2. The summed E-state index contributed by atoms with van der Waals surface area (Å²) in [6, 6.07) is 0. The number of guanidine groups is 1. The number of nitrogens with two attached hydrogens (primary N) is 1. The minimum absolute atomic E-state index is 0.435. The van der Waals surface area contributed by atoms with Gasteiger partial charge in [-0.1, -0.05) is 0 Å². The third-order valence-corrected chi connectivity index (χ3v) is 2.19. The molecule has 4 N–H and O–H groups in total. The van der Waals surface area contributed by atoms with Crippen molar-refractivity contribution >= 4 is 5.96 Å². The summed E-state index contributed by atoms with van der Waals surface area (Å²) in [6.45, 7) is 3.78. The summed E-state index contributed by atoms with van der Waals surface area (Å²) in [5.74, 6) is 5.90. The summed E-state index contributed by atoms with van der Waals surface area (Å²) in [7, 11) is 1.67. The molecule has 7 heteroatoms. The van der Waals surface area contributed by atoms with Crippen molar-refractivity contribution in [3.05, 3.63) is 23.8 Å². The number of rotatable bonds is 6. The lowest BCUT2D eigenvalue weighted by Gasteiger charge is -2.08. The maximum Gasteiger partial charge on any atom is 0.206 e. The Bertz CT molecular complexity index is 364. The molecule has 0 atom stereocenters. The van der Waals surface area contributed by atoms with E-state index in [1.54, 1.807) is 19.5 Å². The van der Waals surface area contributed by atoms with Crippen LogP contribution in [0.25, 0.3) is 0 Å². The van der Waals surface area contributed by atoms with E-state index in [-0.39, 0.29) is 0 Å². The highest BCUT2D eigenvalue weighted by molar-refractivity contribution is 5.79. The van der Waals surface area contributed by atoms with E-state index in [4.69, 9.17) is 10.6 Å². The molecule has 1 heterocycles. The van der Waals surface area contributed by atoms with Crippen molar-refractivity contribution in [1.82, 2.24) is 20.7 Å². The average Bonchev–Trinajstić information content (AvgIpc) is 2.40. The standard InChI is InChI=1S/C11H20N6O/c1-9-6-15-10(7-14-9)8-16-11(17-12)13-4-3-5-18-2/h6-7H,3-5,8,12H2,1-2H3,(H2,13,16,17). The number of nitrogens with one attached hydrogen (secondary N) is 2. The number of ether oxygens (including phenoxy) is 1. The molecule has 1 rings (SSSR count). The van der Waals surface area contributed by atoms with Gasteiger partial charge in [0.1, 0.15) is 0 Å². The van der Waals surface area contributed by atoms with Gasteiger partial charge in [0.05, 0.1) is 24.1 Å². The van der Waals surface area contributed by atoms with Crippen molar-refractivity contribution in [1.29, 1.82) is 0 Å². The minimum atomic E-state index is 0.435. The molecule has 0 aliphatic carbocycles. The van der Waals surface area contributed by atoms with E-state index in [1.165, 1.54) is 0 Å². The van der Waals surface area contributed by atoms with Gasteiger partial charge in [-0.05, 0) is 13.3 Å². The van der Waals surface area contributed by atoms with Crippen LogP contribution < -0.4 is 16.6 Å². The first kappa shape index (κ1) is 14.3. The number of aromatic nitrogens is 2. The van der Waals surface area contributed by atoms with Gasteiger partial charge in [0.15, 0.2) is 0 Å². The SMILES string of the molecule is COCCCNC(=NCc1cnc(C)cn1)NN. The fourth-order valence-electron chi connectivity index (χ4n) is 1.24. The van der Waals surface area contributed by atoms with Gasteiger partial charge in [0.2, 0.25) is 5.96 Å². The zero-order valence-corrected chi connectivity index (χ0v) is 10.8. The third kappa shape index (κ3) is 5.55. The summed E-state index contributed by atoms with van der Waals surface area (Å²) in [5.41, 5.74) is 4.20. The minimum Gasteiger partial charge on any atom is -0.385 e. The fourth-order valence-corrected chi connectivity index (χ4v) is 1.24. The molecule has 0 unspecified atom stereocenters. The summed E-state index contributed by atoms with van der Waals surface area (Å²) < 4.78 is 4.95. The molecular weight excluding hydrogens is 232 g/mol. The number of hydrazine groups is 1. The second-order valence-corrected chi connectivity index (χ2v) is 3.73. The molecular formula is C11H20N6O. The Labute approximate surface area is 107 Å². The Hall–Kier alpha value is -1.73. The van der Waals surface area contributed by atoms with Crippen LogP contribution in [0.1, 0.15) is 17.8 Å². The topological polar surface area (TPSA) is 97.4 Å². The quantitative estimate of drug-likeness (QED) is 0.212. The van der Waals surface area contributed by atoms with Crippen LogP contribution in [0.5, 0.6) is 0 Å². The van der Waals surface area contributed by atoms with Crippen LogP contribution in [0.15, 0.2) is 17.4 Å². The lowest BCUT2D eigenvalue weighted by molar-refractivity contribution is 0.195. The molecule has 0 saturated heterocycles. The van der Waals surface area contributed by atoms with Crippen LogP contribution in [0.2, 0.25) is 0 Å². The summed E-state index contributed by atoms with van der Waals surface area (Å²) >= 11 is 0. The number of nitrogens with zero attached hydrogens (tertiary/aromatic N) is 3. The highest BCUT2D eigenvalue weighted by Gasteiger charge is 1.97. The van der Waals surface area contributed by atoms with Gasteiger partial charge in [0.25, 0.3) is 0 Å². The normalized spacial score (nSPS) is 11.4. The van der Waals surface area contributed by atoms with Gasteiger partial charge in [-0.2, -0.15) is 0 Å². The summed E-state index contributed by atoms with van der Waals surface area (Å²) in [6.07, 6.45) is 4.31. The second kappa shape index (κ2) is 8.37. The van der Waals surface area contributed by atoms with Gasteiger partial charge in [-0.25, -0.2) is 10.8 Å². The Morgan fingerprint density at radius 3 is 2.89 bits per heavy atom. The van der Waals surface area contributed by atoms with Crippen LogP contribution >= 0.6 is 0 Å². The average molecular weight is 252 g/mol. The fraction of sp³-hybridized carbons (Fsp3) is 0.545. The van der Waals surface area contributed by atoms with Crippen LogP contribution in [0.3, 0.4) is 0 Å².